The number of halogens is 1. The number of nitrogens with zero attached hydrogens (tertiary/aromatic N) is 1. The predicted molar refractivity (Wildman–Crippen MR) is 65.3 cm³/mol. The van der Waals surface area contributed by atoms with Gasteiger partial charge in [-0.1, -0.05) is 5.16 Å². The van der Waals surface area contributed by atoms with Gasteiger partial charge in [-0.05, 0) is 30.7 Å². The summed E-state index contributed by atoms with van der Waals surface area (Å²) >= 11 is 5.70. The summed E-state index contributed by atoms with van der Waals surface area (Å²) in [6.45, 7) is 2.07. The van der Waals surface area contributed by atoms with E-state index in [9.17, 15) is 0 Å². The molecule has 3 nitrogen and oxygen atoms in total. The van der Waals surface area contributed by atoms with Gasteiger partial charge in [0.1, 0.15) is 11.9 Å². The van der Waals surface area contributed by atoms with Gasteiger partial charge >= 0.3 is 0 Å². The molecule has 0 unspecified atom stereocenters. The Bertz CT molecular complexity index is 550. The molecule has 1 aliphatic heterocycles. The van der Waals surface area contributed by atoms with Gasteiger partial charge in [-0.15, -0.1) is 11.6 Å². The van der Waals surface area contributed by atoms with Crippen LogP contribution >= 0.6 is 11.6 Å². The van der Waals surface area contributed by atoms with E-state index in [0.717, 1.165) is 29.2 Å². The van der Waals surface area contributed by atoms with Crippen molar-refractivity contribution in [1.29, 1.82) is 0 Å². The third-order valence-electron chi connectivity index (χ3n) is 2.88. The lowest BCUT2D eigenvalue weighted by molar-refractivity contribution is 0.254. The zero-order valence-corrected chi connectivity index (χ0v) is 10.2. The molecule has 2 heterocycles. The summed E-state index contributed by atoms with van der Waals surface area (Å²) < 4.78 is 10.9. The zero-order chi connectivity index (χ0) is 11.8. The monoisotopic (exact) mass is 249 g/mol. The normalized spacial score (nSPS) is 17.9. The Labute approximate surface area is 104 Å². The van der Waals surface area contributed by atoms with Crippen LogP contribution in [-0.4, -0.2) is 11.3 Å². The van der Waals surface area contributed by atoms with E-state index in [0.29, 0.717) is 5.88 Å². The number of hydrogen-bond donors (Lipinski definition) is 0. The molecule has 0 fully saturated rings. The van der Waals surface area contributed by atoms with Gasteiger partial charge < -0.3 is 9.26 Å². The minimum atomic E-state index is 0.258. The Kier molecular flexibility index (Phi) is 2.56. The van der Waals surface area contributed by atoms with Gasteiger partial charge in [-0.2, -0.15) is 0 Å². The van der Waals surface area contributed by atoms with Crippen LogP contribution in [0.3, 0.4) is 0 Å². The number of fused-ring (bicyclic) bond motifs is 1. The molecule has 0 bridgehead atoms. The largest absolute Gasteiger partial charge is 0.490 e. The third-order valence-corrected chi connectivity index (χ3v) is 3.15. The van der Waals surface area contributed by atoms with Crippen LogP contribution in [0.1, 0.15) is 18.2 Å². The Morgan fingerprint density at radius 1 is 1.41 bits per heavy atom. The summed E-state index contributed by atoms with van der Waals surface area (Å²) in [5.74, 6) is 2.09. The molecule has 0 radical (unpaired) electrons. The summed E-state index contributed by atoms with van der Waals surface area (Å²) in [5.41, 5.74) is 3.00. The molecule has 1 aliphatic rings. The van der Waals surface area contributed by atoms with Crippen LogP contribution in [0.4, 0.5) is 0 Å². The van der Waals surface area contributed by atoms with Crippen molar-refractivity contribution in [2.45, 2.75) is 25.3 Å². The molecule has 0 saturated heterocycles. The SMILES string of the molecule is C[C@H]1Cc2cc(-c3cc(CCl)no3)ccc2O1. The summed E-state index contributed by atoms with van der Waals surface area (Å²) in [6.07, 6.45) is 1.20. The molecular weight excluding hydrogens is 238 g/mol. The number of rotatable bonds is 2. The third kappa shape index (κ3) is 1.91. The molecule has 0 saturated carbocycles. The molecule has 1 atom stereocenters. The molecule has 1 aromatic carbocycles. The van der Waals surface area contributed by atoms with Crippen molar-refractivity contribution >= 4 is 11.6 Å². The fourth-order valence-corrected chi connectivity index (χ4v) is 2.21. The van der Waals surface area contributed by atoms with Crippen LogP contribution in [0.5, 0.6) is 5.75 Å². The standard InChI is InChI=1S/C13H12ClNO2/c1-8-4-10-5-9(2-3-12(10)16-8)13-6-11(7-14)15-17-13/h2-3,5-6,8H,4,7H2,1H3/t8-/m0/s1. The van der Waals surface area contributed by atoms with Crippen LogP contribution < -0.4 is 4.74 Å². The maximum Gasteiger partial charge on any atom is 0.167 e. The first-order valence-electron chi connectivity index (χ1n) is 5.58. The molecule has 1 aromatic heterocycles. The first-order chi connectivity index (χ1) is 8.26. The minimum absolute atomic E-state index is 0.258. The molecular formula is C13H12ClNO2. The lowest BCUT2D eigenvalue weighted by atomic mass is 10.1. The highest BCUT2D eigenvalue weighted by Crippen LogP contribution is 2.33. The Morgan fingerprint density at radius 3 is 3.06 bits per heavy atom. The maximum absolute atomic E-state index is 5.70. The lowest BCUT2D eigenvalue weighted by Gasteiger charge is -2.02. The van der Waals surface area contributed by atoms with E-state index in [1.807, 2.05) is 18.2 Å². The highest BCUT2D eigenvalue weighted by molar-refractivity contribution is 6.16. The predicted octanol–water partition coefficient (Wildman–Crippen LogP) is 3.40. The second-order valence-electron chi connectivity index (χ2n) is 4.27. The molecule has 0 N–H and O–H groups in total. The van der Waals surface area contributed by atoms with Crippen molar-refractivity contribution in [1.82, 2.24) is 5.16 Å². The average molecular weight is 250 g/mol. The Balaban J connectivity index is 1.97. The van der Waals surface area contributed by atoms with E-state index in [-0.39, 0.29) is 6.10 Å². The van der Waals surface area contributed by atoms with Crippen molar-refractivity contribution in [3.63, 3.8) is 0 Å². The highest BCUT2D eigenvalue weighted by atomic mass is 35.5. The number of aromatic nitrogens is 1. The van der Waals surface area contributed by atoms with E-state index in [2.05, 4.69) is 18.1 Å². The van der Waals surface area contributed by atoms with Crippen LogP contribution in [0, 0.1) is 0 Å². The smallest absolute Gasteiger partial charge is 0.167 e. The van der Waals surface area contributed by atoms with Gasteiger partial charge in [-0.3, -0.25) is 0 Å². The average Bonchev–Trinajstić information content (AvgIpc) is 2.92. The fraction of sp³-hybridized carbons (Fsp3) is 0.308. The van der Waals surface area contributed by atoms with Crippen molar-refractivity contribution in [3.05, 3.63) is 35.5 Å². The van der Waals surface area contributed by atoms with Crippen LogP contribution in [-0.2, 0) is 12.3 Å². The van der Waals surface area contributed by atoms with Crippen LogP contribution in [0.2, 0.25) is 0 Å². The first-order valence-corrected chi connectivity index (χ1v) is 6.11. The van der Waals surface area contributed by atoms with Gasteiger partial charge in [0.15, 0.2) is 5.76 Å². The Hall–Kier alpha value is -1.48. The Morgan fingerprint density at radius 2 is 2.29 bits per heavy atom. The molecule has 0 aliphatic carbocycles. The topological polar surface area (TPSA) is 35.3 Å². The second kappa shape index (κ2) is 4.08. The molecule has 17 heavy (non-hydrogen) atoms. The number of hydrogen-bond acceptors (Lipinski definition) is 3. The number of benzene rings is 1. The summed E-state index contributed by atoms with van der Waals surface area (Å²) in [5, 5.41) is 3.88. The van der Waals surface area contributed by atoms with E-state index in [4.69, 9.17) is 20.9 Å². The van der Waals surface area contributed by atoms with Gasteiger partial charge in [0.05, 0.1) is 11.6 Å². The van der Waals surface area contributed by atoms with Crippen molar-refractivity contribution in [2.75, 3.05) is 0 Å². The fourth-order valence-electron chi connectivity index (χ4n) is 2.09. The molecule has 3 rings (SSSR count). The van der Waals surface area contributed by atoms with Gasteiger partial charge in [0.2, 0.25) is 0 Å². The maximum atomic E-state index is 5.70. The summed E-state index contributed by atoms with van der Waals surface area (Å²) in [4.78, 5) is 0. The van der Waals surface area contributed by atoms with Crippen LogP contribution in [0.25, 0.3) is 11.3 Å². The molecule has 4 heteroatoms. The van der Waals surface area contributed by atoms with Gasteiger partial charge in [0.25, 0.3) is 0 Å². The van der Waals surface area contributed by atoms with Crippen molar-refractivity contribution < 1.29 is 9.26 Å². The number of ether oxygens (including phenoxy) is 1. The van der Waals surface area contributed by atoms with Gasteiger partial charge in [-0.25, -0.2) is 0 Å². The van der Waals surface area contributed by atoms with Gasteiger partial charge in [0, 0.05) is 18.1 Å². The van der Waals surface area contributed by atoms with Crippen LogP contribution in [0.15, 0.2) is 28.8 Å². The molecule has 2 aromatic rings. The highest BCUT2D eigenvalue weighted by Gasteiger charge is 2.19. The lowest BCUT2D eigenvalue weighted by Crippen LogP contribution is -2.05. The van der Waals surface area contributed by atoms with E-state index in [1.165, 1.54) is 5.56 Å². The van der Waals surface area contributed by atoms with Crippen molar-refractivity contribution in [2.24, 2.45) is 0 Å². The van der Waals surface area contributed by atoms with E-state index in [1.54, 1.807) is 0 Å². The van der Waals surface area contributed by atoms with E-state index < -0.39 is 0 Å². The van der Waals surface area contributed by atoms with E-state index >= 15 is 0 Å². The van der Waals surface area contributed by atoms with Crippen molar-refractivity contribution in [3.8, 4) is 17.1 Å². The minimum Gasteiger partial charge on any atom is -0.490 e. The molecule has 88 valence electrons. The first kappa shape index (κ1) is 10.7. The molecule has 0 spiro atoms. The zero-order valence-electron chi connectivity index (χ0n) is 9.44. The quantitative estimate of drug-likeness (QED) is 0.765. The summed E-state index contributed by atoms with van der Waals surface area (Å²) in [7, 11) is 0. The summed E-state index contributed by atoms with van der Waals surface area (Å²) in [6, 6.07) is 7.93. The second-order valence-corrected chi connectivity index (χ2v) is 4.54. The molecule has 0 amide bonds. The number of alkyl halides is 1.